The Morgan fingerprint density at radius 2 is 2.04 bits per heavy atom. The molecule has 3 heterocycles. The van der Waals surface area contributed by atoms with Crippen molar-refractivity contribution < 1.29 is 26.8 Å². The van der Waals surface area contributed by atoms with Gasteiger partial charge in [0.05, 0.1) is 12.1 Å². The van der Waals surface area contributed by atoms with E-state index in [9.17, 15) is 18.0 Å². The van der Waals surface area contributed by atoms with Crippen molar-refractivity contribution in [1.82, 2.24) is 15.3 Å². The predicted octanol–water partition coefficient (Wildman–Crippen LogP) is -0.0518. The molecule has 0 unspecified atom stereocenters. The Morgan fingerprint density at radius 3 is 2.62 bits per heavy atom. The largest absolute Gasteiger partial charge is 0.418 e. The van der Waals surface area contributed by atoms with Gasteiger partial charge in [0.2, 0.25) is 0 Å². The molecule has 0 aromatic heterocycles. The first-order chi connectivity index (χ1) is 11.3. The SMILES string of the molecule is O=C(CC1CC2(CNC2)C1)[C@H]1CC[C@@H]2CN1C(=O)N2OS(=O)(=O)O. The van der Waals surface area contributed by atoms with Crippen LogP contribution in [0.15, 0.2) is 0 Å². The minimum Gasteiger partial charge on any atom is -0.316 e. The van der Waals surface area contributed by atoms with E-state index in [0.717, 1.165) is 25.9 Å². The maximum atomic E-state index is 12.6. The van der Waals surface area contributed by atoms with E-state index in [1.807, 2.05) is 0 Å². The predicted molar refractivity (Wildman–Crippen MR) is 81.0 cm³/mol. The van der Waals surface area contributed by atoms with Gasteiger partial charge in [0.1, 0.15) is 0 Å². The lowest BCUT2D eigenvalue weighted by Gasteiger charge is -2.54. The number of hydrogen-bond acceptors (Lipinski definition) is 6. The number of ketones is 1. The standard InChI is InChI=1S/C14H21N3O6S/c18-12(3-9-4-14(5-9)7-15-8-14)11-2-1-10-6-16(11)13(19)17(10)23-24(20,21)22/h9-11,15H,1-8H2,(H,20,21,22)/t10-,11-/m1/s1. The molecule has 4 rings (SSSR count). The number of hydrogen-bond donors (Lipinski definition) is 2. The number of fused-ring (bicyclic) bond motifs is 2. The number of nitrogens with one attached hydrogen (secondary N) is 1. The average molecular weight is 359 g/mol. The van der Waals surface area contributed by atoms with Crippen LogP contribution >= 0.6 is 0 Å². The Hall–Kier alpha value is -1.23. The molecule has 2 amide bonds. The van der Waals surface area contributed by atoms with Gasteiger partial charge in [-0.2, -0.15) is 13.5 Å². The van der Waals surface area contributed by atoms with Crippen molar-refractivity contribution >= 4 is 22.2 Å². The number of rotatable bonds is 5. The van der Waals surface area contributed by atoms with Crippen molar-refractivity contribution in [3.8, 4) is 0 Å². The maximum Gasteiger partial charge on any atom is 0.418 e. The zero-order valence-corrected chi connectivity index (χ0v) is 14.0. The fourth-order valence-electron chi connectivity index (χ4n) is 4.66. The van der Waals surface area contributed by atoms with E-state index in [4.69, 9.17) is 4.55 Å². The molecular weight excluding hydrogens is 338 g/mol. The molecule has 4 fully saturated rings. The van der Waals surface area contributed by atoms with Crippen molar-refractivity contribution in [2.75, 3.05) is 19.6 Å². The molecule has 134 valence electrons. The second-order valence-corrected chi connectivity index (χ2v) is 8.56. The fraction of sp³-hybridized carbons (Fsp3) is 0.857. The van der Waals surface area contributed by atoms with Gasteiger partial charge in [0.15, 0.2) is 5.78 Å². The van der Waals surface area contributed by atoms with E-state index in [2.05, 4.69) is 9.60 Å². The number of amides is 2. The van der Waals surface area contributed by atoms with Crippen molar-refractivity contribution in [1.29, 1.82) is 0 Å². The molecule has 2 atom stereocenters. The number of nitrogens with zero attached hydrogens (tertiary/aromatic N) is 2. The van der Waals surface area contributed by atoms with Gasteiger partial charge < -0.3 is 10.2 Å². The van der Waals surface area contributed by atoms with Gasteiger partial charge >= 0.3 is 16.4 Å². The lowest BCUT2D eigenvalue weighted by molar-refractivity contribution is -0.127. The van der Waals surface area contributed by atoms with Crippen LogP contribution in [0.25, 0.3) is 0 Å². The molecule has 2 bridgehead atoms. The zero-order chi connectivity index (χ0) is 17.1. The van der Waals surface area contributed by atoms with Gasteiger partial charge in [-0.05, 0) is 37.0 Å². The quantitative estimate of drug-likeness (QED) is 0.661. The number of urea groups is 1. The first kappa shape index (κ1) is 16.2. The first-order valence-electron chi connectivity index (χ1n) is 8.27. The van der Waals surface area contributed by atoms with Gasteiger partial charge in [-0.3, -0.25) is 9.35 Å². The summed E-state index contributed by atoms with van der Waals surface area (Å²) in [4.78, 5) is 26.3. The van der Waals surface area contributed by atoms with Crippen LogP contribution in [0.3, 0.4) is 0 Å². The van der Waals surface area contributed by atoms with Crippen LogP contribution in [0.4, 0.5) is 4.79 Å². The van der Waals surface area contributed by atoms with Gasteiger partial charge in [-0.1, -0.05) is 0 Å². The van der Waals surface area contributed by atoms with Crippen LogP contribution in [0.1, 0.15) is 32.1 Å². The van der Waals surface area contributed by atoms with E-state index in [0.29, 0.717) is 35.7 Å². The highest BCUT2D eigenvalue weighted by Crippen LogP contribution is 2.50. The van der Waals surface area contributed by atoms with Crippen molar-refractivity contribution in [2.24, 2.45) is 11.3 Å². The van der Waals surface area contributed by atoms with Crippen LogP contribution in [0.2, 0.25) is 0 Å². The van der Waals surface area contributed by atoms with Crippen molar-refractivity contribution in [2.45, 2.75) is 44.2 Å². The van der Waals surface area contributed by atoms with E-state index in [-0.39, 0.29) is 12.3 Å². The monoisotopic (exact) mass is 359 g/mol. The van der Waals surface area contributed by atoms with Crippen LogP contribution in [-0.2, 0) is 19.5 Å². The third-order valence-corrected chi connectivity index (χ3v) is 6.15. The third kappa shape index (κ3) is 2.71. The van der Waals surface area contributed by atoms with E-state index in [1.165, 1.54) is 4.90 Å². The molecular formula is C14H21N3O6S. The highest BCUT2D eigenvalue weighted by molar-refractivity contribution is 7.80. The zero-order valence-electron chi connectivity index (χ0n) is 13.2. The number of carbonyl (C=O) groups is 2. The second-order valence-electron chi connectivity index (χ2n) is 7.56. The summed E-state index contributed by atoms with van der Waals surface area (Å²) in [5.74, 6) is 0.433. The Bertz CT molecular complexity index is 668. The van der Waals surface area contributed by atoms with E-state index >= 15 is 0 Å². The smallest absolute Gasteiger partial charge is 0.316 e. The molecule has 24 heavy (non-hydrogen) atoms. The van der Waals surface area contributed by atoms with Crippen molar-refractivity contribution in [3.05, 3.63) is 0 Å². The number of Topliss-reactive ketones (excluding diaryl/α,β-unsaturated/α-hetero) is 1. The summed E-state index contributed by atoms with van der Waals surface area (Å²) in [7, 11) is -4.75. The third-order valence-electron chi connectivity index (χ3n) is 5.80. The maximum absolute atomic E-state index is 12.6. The van der Waals surface area contributed by atoms with Crippen LogP contribution in [-0.4, -0.2) is 66.5 Å². The molecule has 3 aliphatic heterocycles. The van der Waals surface area contributed by atoms with Gasteiger partial charge in [0, 0.05) is 26.1 Å². The molecule has 0 aromatic rings. The number of piperidine rings is 1. The highest BCUT2D eigenvalue weighted by atomic mass is 32.3. The van der Waals surface area contributed by atoms with Crippen molar-refractivity contribution in [3.63, 3.8) is 0 Å². The summed E-state index contributed by atoms with van der Waals surface area (Å²) in [5.41, 5.74) is 0.409. The summed E-state index contributed by atoms with van der Waals surface area (Å²) in [6.45, 7) is 2.33. The molecule has 1 saturated carbocycles. The Balaban J connectivity index is 1.37. The molecule has 0 radical (unpaired) electrons. The average Bonchev–Trinajstić information content (AvgIpc) is 2.64. The first-order valence-corrected chi connectivity index (χ1v) is 9.63. The minimum atomic E-state index is -4.75. The van der Waals surface area contributed by atoms with E-state index in [1.54, 1.807) is 0 Å². The summed E-state index contributed by atoms with van der Waals surface area (Å²) in [6.07, 6.45) is 3.58. The minimum absolute atomic E-state index is 0.0441. The van der Waals surface area contributed by atoms with Gasteiger partial charge in [-0.15, -0.1) is 4.28 Å². The Labute approximate surface area is 140 Å². The van der Waals surface area contributed by atoms with Crippen LogP contribution in [0, 0.1) is 11.3 Å². The molecule has 9 nitrogen and oxygen atoms in total. The summed E-state index contributed by atoms with van der Waals surface area (Å²) >= 11 is 0. The highest BCUT2D eigenvalue weighted by Gasteiger charge is 2.52. The molecule has 0 aromatic carbocycles. The Morgan fingerprint density at radius 1 is 1.33 bits per heavy atom. The van der Waals surface area contributed by atoms with Gasteiger partial charge in [-0.25, -0.2) is 4.79 Å². The topological polar surface area (TPSA) is 116 Å². The molecule has 2 N–H and O–H groups in total. The summed E-state index contributed by atoms with van der Waals surface area (Å²) in [6, 6.07) is -1.63. The number of hydroxylamine groups is 2. The number of carbonyl (C=O) groups excluding carboxylic acids is 2. The molecule has 1 aliphatic carbocycles. The summed E-state index contributed by atoms with van der Waals surface area (Å²) < 4.78 is 34.9. The lowest BCUT2D eigenvalue weighted by Crippen LogP contribution is -2.60. The molecule has 3 saturated heterocycles. The van der Waals surface area contributed by atoms with Gasteiger partial charge in [0.25, 0.3) is 0 Å². The normalized spacial score (nSPS) is 32.0. The van der Waals surface area contributed by atoms with E-state index < -0.39 is 28.5 Å². The second kappa shape index (κ2) is 5.38. The van der Waals surface area contributed by atoms with Crippen LogP contribution in [0.5, 0.6) is 0 Å². The fourth-order valence-corrected chi connectivity index (χ4v) is 5.05. The molecule has 4 aliphatic rings. The lowest BCUT2D eigenvalue weighted by atomic mass is 9.57. The molecule has 1 spiro atoms. The van der Waals surface area contributed by atoms with Crippen LogP contribution < -0.4 is 5.32 Å². The summed E-state index contributed by atoms with van der Waals surface area (Å²) in [5, 5.41) is 3.95. The Kier molecular flexibility index (Phi) is 3.64. The molecule has 10 heteroatoms.